The number of hydrazone groups is 1. The predicted octanol–water partition coefficient (Wildman–Crippen LogP) is 5.67. The lowest BCUT2D eigenvalue weighted by molar-refractivity contribution is -0.120. The minimum Gasteiger partial charge on any atom is -0.489 e. The lowest BCUT2D eigenvalue weighted by atomic mass is 9.86. The van der Waals surface area contributed by atoms with Gasteiger partial charge in [-0.3, -0.25) is 4.79 Å². The summed E-state index contributed by atoms with van der Waals surface area (Å²) in [4.78, 5) is 12.1. The molecule has 2 aromatic rings. The van der Waals surface area contributed by atoms with Gasteiger partial charge in [0.15, 0.2) is 0 Å². The normalized spacial score (nSPS) is 11.9. The van der Waals surface area contributed by atoms with E-state index in [2.05, 4.69) is 88.6 Å². The highest BCUT2D eigenvalue weighted by atomic mass is 127. The molecule has 28 heavy (non-hydrogen) atoms. The van der Waals surface area contributed by atoms with Gasteiger partial charge >= 0.3 is 0 Å². The highest BCUT2D eigenvalue weighted by molar-refractivity contribution is 14.1. The zero-order valence-electron chi connectivity index (χ0n) is 16.8. The molecule has 0 aliphatic heterocycles. The number of amides is 1. The molecule has 150 valence electrons. The van der Waals surface area contributed by atoms with Gasteiger partial charge in [0, 0.05) is 0 Å². The summed E-state index contributed by atoms with van der Waals surface area (Å²) in [5.74, 6) is 0.750. The molecule has 0 saturated heterocycles. The molecule has 0 aliphatic carbocycles. The van der Waals surface area contributed by atoms with E-state index in [1.165, 1.54) is 5.56 Å². The van der Waals surface area contributed by atoms with E-state index < -0.39 is 0 Å². The van der Waals surface area contributed by atoms with Gasteiger partial charge in [0.05, 0.1) is 25.9 Å². The van der Waals surface area contributed by atoms with Crippen molar-refractivity contribution in [3.8, 4) is 5.75 Å². The molecule has 0 aromatic heterocycles. The van der Waals surface area contributed by atoms with Crippen LogP contribution >= 0.6 is 45.2 Å². The number of carbonyl (C=O) groups is 1. The summed E-state index contributed by atoms with van der Waals surface area (Å²) in [6, 6.07) is 12.1. The van der Waals surface area contributed by atoms with Crippen LogP contribution in [0.15, 0.2) is 41.5 Å². The van der Waals surface area contributed by atoms with E-state index in [4.69, 9.17) is 4.74 Å². The molecule has 2 rings (SSSR count). The molecule has 0 radical (unpaired) electrons. The average molecular weight is 604 g/mol. The molecule has 2 aromatic carbocycles. The molecule has 0 atom stereocenters. The summed E-state index contributed by atoms with van der Waals surface area (Å²) >= 11 is 4.51. The molecule has 0 spiro atoms. The van der Waals surface area contributed by atoms with Crippen LogP contribution in [-0.4, -0.2) is 18.2 Å². The molecule has 0 fully saturated rings. The van der Waals surface area contributed by atoms with E-state index in [9.17, 15) is 4.79 Å². The molecule has 0 unspecified atom stereocenters. The monoisotopic (exact) mass is 604 g/mol. The minimum atomic E-state index is -0.135. The number of hydrogen-bond donors (Lipinski definition) is 1. The maximum Gasteiger partial charge on any atom is 0.244 e. The number of hydrogen-bond acceptors (Lipinski definition) is 3. The van der Waals surface area contributed by atoms with Crippen molar-refractivity contribution in [3.05, 3.63) is 60.2 Å². The second kappa shape index (κ2) is 10.0. The number of nitrogens with zero attached hydrogens (tertiary/aromatic N) is 1. The van der Waals surface area contributed by atoms with Crippen LogP contribution in [0.5, 0.6) is 5.75 Å². The first-order valence-corrected chi connectivity index (χ1v) is 11.3. The van der Waals surface area contributed by atoms with Crippen LogP contribution in [0.25, 0.3) is 0 Å². The van der Waals surface area contributed by atoms with Gasteiger partial charge in [0.2, 0.25) is 5.91 Å². The number of halogens is 2. The Hall–Kier alpha value is -1.16. The van der Waals surface area contributed by atoms with Crippen molar-refractivity contribution >= 4 is 57.3 Å². The zero-order valence-corrected chi connectivity index (χ0v) is 21.2. The highest BCUT2D eigenvalue weighted by Crippen LogP contribution is 2.29. The van der Waals surface area contributed by atoms with Crippen molar-refractivity contribution in [1.29, 1.82) is 0 Å². The quantitative estimate of drug-likeness (QED) is 0.263. The van der Waals surface area contributed by atoms with Crippen LogP contribution in [0.1, 0.15) is 51.3 Å². The third-order valence-electron chi connectivity index (χ3n) is 3.96. The van der Waals surface area contributed by atoms with E-state index >= 15 is 0 Å². The molecule has 6 heteroatoms. The summed E-state index contributed by atoms with van der Waals surface area (Å²) in [6.07, 6.45) is 2.08. The lowest BCUT2D eigenvalue weighted by Gasteiger charge is -2.19. The van der Waals surface area contributed by atoms with Gasteiger partial charge in [0.25, 0.3) is 0 Å². The fourth-order valence-electron chi connectivity index (χ4n) is 2.53. The van der Waals surface area contributed by atoms with Crippen molar-refractivity contribution in [2.24, 2.45) is 5.10 Å². The van der Waals surface area contributed by atoms with E-state index in [0.29, 0.717) is 6.42 Å². The first-order valence-electron chi connectivity index (χ1n) is 9.13. The Balaban J connectivity index is 1.96. The van der Waals surface area contributed by atoms with Crippen LogP contribution in [0, 0.1) is 7.14 Å². The Bertz CT molecular complexity index is 831. The van der Waals surface area contributed by atoms with Crippen LogP contribution < -0.4 is 10.2 Å². The fraction of sp³-hybridized carbons (Fsp3) is 0.364. The third-order valence-corrected chi connectivity index (χ3v) is 5.56. The van der Waals surface area contributed by atoms with E-state index in [1.54, 1.807) is 6.21 Å². The molecule has 0 saturated carbocycles. The number of rotatable bonds is 6. The van der Waals surface area contributed by atoms with Gasteiger partial charge in [-0.2, -0.15) is 5.10 Å². The Labute approximate surface area is 194 Å². The van der Waals surface area contributed by atoms with Crippen LogP contribution in [-0.2, 0) is 16.6 Å². The Morgan fingerprint density at radius 2 is 1.71 bits per heavy atom. The molecule has 1 amide bonds. The fourth-order valence-corrected chi connectivity index (χ4v) is 4.60. The van der Waals surface area contributed by atoms with E-state index in [-0.39, 0.29) is 17.4 Å². The standard InChI is InChI=1S/C22H26I2N2O2/c1-14(2)28-21-18(23)10-16(11-19(21)24)13-25-26-20(27)12-15-6-8-17(9-7-15)22(3,4)5/h6-11,13-14H,12H2,1-5H3,(H,26,27)/b25-13-. The highest BCUT2D eigenvalue weighted by Gasteiger charge is 2.13. The van der Waals surface area contributed by atoms with Crippen molar-refractivity contribution in [2.45, 2.75) is 52.6 Å². The van der Waals surface area contributed by atoms with Gasteiger partial charge in [-0.25, -0.2) is 5.43 Å². The topological polar surface area (TPSA) is 50.7 Å². The molecule has 1 N–H and O–H groups in total. The summed E-state index contributed by atoms with van der Waals surface area (Å²) in [5.41, 5.74) is 5.85. The van der Waals surface area contributed by atoms with E-state index in [0.717, 1.165) is 24.0 Å². The van der Waals surface area contributed by atoms with Gasteiger partial charge < -0.3 is 4.74 Å². The number of ether oxygens (including phenoxy) is 1. The number of benzene rings is 2. The third kappa shape index (κ3) is 7.02. The number of carbonyl (C=O) groups excluding carboxylic acids is 1. The lowest BCUT2D eigenvalue weighted by Crippen LogP contribution is -2.20. The maximum atomic E-state index is 12.1. The van der Waals surface area contributed by atoms with Crippen molar-refractivity contribution in [2.75, 3.05) is 0 Å². The summed E-state index contributed by atoms with van der Waals surface area (Å²) in [5, 5.41) is 4.10. The molecule has 4 nitrogen and oxygen atoms in total. The summed E-state index contributed by atoms with van der Waals surface area (Å²) < 4.78 is 7.88. The molecular weight excluding hydrogens is 578 g/mol. The Morgan fingerprint density at radius 3 is 2.21 bits per heavy atom. The summed E-state index contributed by atoms with van der Waals surface area (Å²) in [7, 11) is 0. The van der Waals surface area contributed by atoms with Crippen molar-refractivity contribution in [1.82, 2.24) is 5.43 Å². The molecule has 0 bridgehead atoms. The summed E-state index contributed by atoms with van der Waals surface area (Å²) in [6.45, 7) is 10.5. The van der Waals surface area contributed by atoms with Crippen molar-refractivity contribution < 1.29 is 9.53 Å². The predicted molar refractivity (Wildman–Crippen MR) is 132 cm³/mol. The molecular formula is C22H26I2N2O2. The second-order valence-corrected chi connectivity index (χ2v) is 10.2. The van der Waals surface area contributed by atoms with Crippen LogP contribution in [0.4, 0.5) is 0 Å². The van der Waals surface area contributed by atoms with Crippen LogP contribution in [0.2, 0.25) is 0 Å². The first kappa shape index (κ1) is 23.1. The van der Waals surface area contributed by atoms with Crippen molar-refractivity contribution in [3.63, 3.8) is 0 Å². The largest absolute Gasteiger partial charge is 0.489 e. The molecule has 0 heterocycles. The second-order valence-electron chi connectivity index (χ2n) is 7.90. The average Bonchev–Trinajstić information content (AvgIpc) is 2.57. The Morgan fingerprint density at radius 1 is 1.14 bits per heavy atom. The van der Waals surface area contributed by atoms with Gasteiger partial charge in [-0.05, 0) is 93.3 Å². The van der Waals surface area contributed by atoms with Crippen LogP contribution in [0.3, 0.4) is 0 Å². The Kier molecular flexibility index (Phi) is 8.30. The molecule has 0 aliphatic rings. The van der Waals surface area contributed by atoms with Gasteiger partial charge in [0.1, 0.15) is 5.75 Å². The van der Waals surface area contributed by atoms with Gasteiger partial charge in [-0.1, -0.05) is 45.0 Å². The van der Waals surface area contributed by atoms with E-state index in [1.807, 2.05) is 38.1 Å². The van der Waals surface area contributed by atoms with Gasteiger partial charge in [-0.15, -0.1) is 0 Å². The maximum absolute atomic E-state index is 12.1. The number of nitrogens with one attached hydrogen (secondary N) is 1. The minimum absolute atomic E-state index is 0.107. The smallest absolute Gasteiger partial charge is 0.244 e. The SMILES string of the molecule is CC(C)Oc1c(I)cc(/C=N\NC(=O)Cc2ccc(C(C)(C)C)cc2)cc1I. The zero-order chi connectivity index (χ0) is 20.9. The first-order chi connectivity index (χ1) is 13.1.